The lowest BCUT2D eigenvalue weighted by molar-refractivity contribution is -0.273. The van der Waals surface area contributed by atoms with Crippen LogP contribution in [-0.2, 0) is 53.2 Å². The van der Waals surface area contributed by atoms with Gasteiger partial charge in [-0.25, -0.2) is 4.79 Å². The number of hydrogen-bond donors (Lipinski definition) is 2. The van der Waals surface area contributed by atoms with Gasteiger partial charge in [0.05, 0.1) is 43.1 Å². The van der Waals surface area contributed by atoms with Gasteiger partial charge in [0.25, 0.3) is 0 Å². The summed E-state index contributed by atoms with van der Waals surface area (Å²) in [5, 5.41) is 5.43. The van der Waals surface area contributed by atoms with Gasteiger partial charge in [-0.2, -0.15) is 0 Å². The van der Waals surface area contributed by atoms with E-state index in [0.29, 0.717) is 26.1 Å². The molecule has 1 aliphatic rings. The lowest BCUT2D eigenvalue weighted by Crippen LogP contribution is -2.61. The molecule has 1 aliphatic heterocycles. The predicted molar refractivity (Wildman–Crippen MR) is 221 cm³/mol. The molecule has 310 valence electrons. The zero-order chi connectivity index (χ0) is 41.2. The average Bonchev–Trinajstić information content (AvgIpc) is 3.21. The van der Waals surface area contributed by atoms with E-state index < -0.39 is 29.7 Å². The van der Waals surface area contributed by atoms with Crippen molar-refractivity contribution in [3.63, 3.8) is 0 Å². The Bertz CT molecular complexity index is 1670. The zero-order valence-corrected chi connectivity index (χ0v) is 34.7. The smallest absolute Gasteiger partial charge is 0.408 e. The quantitative estimate of drug-likeness (QED) is 0.0915. The maximum Gasteiger partial charge on any atom is 0.408 e. The molecule has 0 saturated carbocycles. The fourth-order valence-electron chi connectivity index (χ4n) is 7.44. The third kappa shape index (κ3) is 14.5. The molecule has 1 heterocycles. The van der Waals surface area contributed by atoms with Crippen LogP contribution >= 0.6 is 0 Å². The molecule has 0 radical (unpaired) electrons. The van der Waals surface area contributed by atoms with Crippen molar-refractivity contribution in [2.24, 2.45) is 11.8 Å². The van der Waals surface area contributed by atoms with Crippen LogP contribution in [0, 0.1) is 11.8 Å². The summed E-state index contributed by atoms with van der Waals surface area (Å²) in [5.41, 5.74) is 2.44. The monoisotopic (exact) mass is 784 g/mol. The van der Waals surface area contributed by atoms with E-state index in [1.54, 1.807) is 13.8 Å². The van der Waals surface area contributed by atoms with Gasteiger partial charge in [-0.3, -0.25) is 14.4 Å². The molecular weight excluding hydrogens is 721 g/mol. The third-order valence-corrected chi connectivity index (χ3v) is 11.1. The molecule has 0 bridgehead atoms. The van der Waals surface area contributed by atoms with E-state index in [-0.39, 0.29) is 54.7 Å². The van der Waals surface area contributed by atoms with Gasteiger partial charge in [0.2, 0.25) is 5.91 Å². The highest BCUT2D eigenvalue weighted by atomic mass is 16.6. The predicted octanol–water partition coefficient (Wildman–Crippen LogP) is 8.69. The van der Waals surface area contributed by atoms with E-state index in [2.05, 4.69) is 55.7 Å². The van der Waals surface area contributed by atoms with E-state index >= 15 is 0 Å². The number of benzene rings is 3. The molecule has 3 aromatic carbocycles. The van der Waals surface area contributed by atoms with E-state index in [1.807, 2.05) is 66.7 Å². The van der Waals surface area contributed by atoms with Crippen molar-refractivity contribution >= 4 is 23.6 Å². The molecule has 57 heavy (non-hydrogen) atoms. The molecule has 2 N–H and O–H groups in total. The molecule has 8 atom stereocenters. The van der Waals surface area contributed by atoms with Gasteiger partial charge in [0.1, 0.15) is 12.7 Å². The molecule has 10 heteroatoms. The van der Waals surface area contributed by atoms with Crippen LogP contribution < -0.4 is 10.6 Å². The minimum Gasteiger partial charge on any atom is -0.445 e. The van der Waals surface area contributed by atoms with Gasteiger partial charge < -0.3 is 29.6 Å². The Morgan fingerprint density at radius 1 is 0.754 bits per heavy atom. The van der Waals surface area contributed by atoms with Crippen LogP contribution in [0.4, 0.5) is 4.79 Å². The molecule has 3 aromatic rings. The number of carbonyl (C=O) groups excluding carboxylic acids is 4. The fourth-order valence-corrected chi connectivity index (χ4v) is 7.44. The molecule has 0 aliphatic carbocycles. The summed E-state index contributed by atoms with van der Waals surface area (Å²) in [4.78, 5) is 50.9. The largest absolute Gasteiger partial charge is 0.445 e. The number of carbonyl (C=O) groups is 4. The molecule has 10 nitrogen and oxygen atoms in total. The van der Waals surface area contributed by atoms with Gasteiger partial charge in [0.15, 0.2) is 11.6 Å². The standard InChI is InChI=1S/C47H64N2O8/c1-7-42-34(3)43(54-30-37-21-13-10-14-22-37)44(55-31-38-23-15-11-16-24-38)47(6,57-42)28-20-9-8-19-27-40(49-46(53)56-32-39-25-17-12-18-26-39)41(51)29-33(2)45(52)48-35(4)36(5)50/h10-18,21-26,33-35,40,42-44H,7-9,19-20,27-32H2,1-6H3,(H,48,52)(H,49,53)/t33-,34+,35+,40+,42-,43+,44-,47+/m1/s1. The molecule has 2 amide bonds. The van der Waals surface area contributed by atoms with Crippen LogP contribution in [0.25, 0.3) is 0 Å². The molecule has 0 aromatic heterocycles. The van der Waals surface area contributed by atoms with E-state index in [0.717, 1.165) is 48.8 Å². The number of nitrogens with one attached hydrogen (secondary N) is 2. The number of Topliss-reactive ketones (excluding diaryl/α,β-unsaturated/α-hetero) is 2. The number of alkyl carbamates (subject to hydrolysis) is 1. The highest BCUT2D eigenvalue weighted by molar-refractivity contribution is 5.93. The Kier molecular flexibility index (Phi) is 18.4. The summed E-state index contributed by atoms with van der Waals surface area (Å²) in [6.45, 7) is 12.2. The summed E-state index contributed by atoms with van der Waals surface area (Å²) >= 11 is 0. The van der Waals surface area contributed by atoms with Gasteiger partial charge in [0, 0.05) is 18.3 Å². The Morgan fingerprint density at radius 3 is 1.86 bits per heavy atom. The number of rotatable bonds is 23. The zero-order valence-electron chi connectivity index (χ0n) is 34.7. The lowest BCUT2D eigenvalue weighted by atomic mass is 9.78. The van der Waals surface area contributed by atoms with Crippen LogP contribution in [-0.4, -0.2) is 59.6 Å². The average molecular weight is 785 g/mol. The third-order valence-electron chi connectivity index (χ3n) is 11.1. The van der Waals surface area contributed by atoms with E-state index in [4.69, 9.17) is 18.9 Å². The van der Waals surface area contributed by atoms with E-state index in [1.165, 1.54) is 6.92 Å². The van der Waals surface area contributed by atoms with Crippen LogP contribution in [0.3, 0.4) is 0 Å². The Morgan fingerprint density at radius 2 is 1.30 bits per heavy atom. The normalized spacial score (nSPS) is 22.1. The summed E-state index contributed by atoms with van der Waals surface area (Å²) in [6, 6.07) is 28.2. The number of ketones is 2. The molecule has 0 spiro atoms. The highest BCUT2D eigenvalue weighted by Gasteiger charge is 2.51. The van der Waals surface area contributed by atoms with Gasteiger partial charge >= 0.3 is 6.09 Å². The lowest BCUT2D eigenvalue weighted by Gasteiger charge is -2.51. The first-order valence-electron chi connectivity index (χ1n) is 20.7. The van der Waals surface area contributed by atoms with Crippen molar-refractivity contribution in [2.75, 3.05) is 0 Å². The second-order valence-electron chi connectivity index (χ2n) is 15.8. The Labute approximate surface area is 339 Å². The number of unbranched alkanes of at least 4 members (excludes halogenated alkanes) is 3. The fraction of sp³-hybridized carbons (Fsp3) is 0.532. The van der Waals surface area contributed by atoms with Crippen molar-refractivity contribution in [2.45, 2.75) is 149 Å². The molecule has 0 unspecified atom stereocenters. The first-order valence-corrected chi connectivity index (χ1v) is 20.7. The maximum absolute atomic E-state index is 13.6. The summed E-state index contributed by atoms with van der Waals surface area (Å²) in [7, 11) is 0. The molecule has 1 fully saturated rings. The van der Waals surface area contributed by atoms with Crippen molar-refractivity contribution in [1.82, 2.24) is 10.6 Å². The summed E-state index contributed by atoms with van der Waals surface area (Å²) in [5.74, 6) is -1.36. The summed E-state index contributed by atoms with van der Waals surface area (Å²) in [6.07, 6.45) is 4.06. The van der Waals surface area contributed by atoms with Crippen molar-refractivity contribution in [1.29, 1.82) is 0 Å². The van der Waals surface area contributed by atoms with Gasteiger partial charge in [-0.1, -0.05) is 137 Å². The van der Waals surface area contributed by atoms with E-state index in [9.17, 15) is 19.2 Å². The van der Waals surface area contributed by atoms with Crippen LogP contribution in [0.2, 0.25) is 0 Å². The molecule has 1 saturated heterocycles. The first-order chi connectivity index (χ1) is 27.4. The van der Waals surface area contributed by atoms with Crippen molar-refractivity contribution in [3.8, 4) is 0 Å². The van der Waals surface area contributed by atoms with Crippen LogP contribution in [0.15, 0.2) is 91.0 Å². The van der Waals surface area contributed by atoms with Crippen LogP contribution in [0.5, 0.6) is 0 Å². The second kappa shape index (κ2) is 23.1. The highest BCUT2D eigenvalue weighted by Crippen LogP contribution is 2.41. The summed E-state index contributed by atoms with van der Waals surface area (Å²) < 4.78 is 25.9. The minimum atomic E-state index is -0.821. The number of amides is 2. The minimum absolute atomic E-state index is 0.0157. The number of hydrogen-bond acceptors (Lipinski definition) is 8. The van der Waals surface area contributed by atoms with Gasteiger partial charge in [-0.15, -0.1) is 0 Å². The maximum atomic E-state index is 13.6. The van der Waals surface area contributed by atoms with Crippen molar-refractivity contribution < 1.29 is 38.1 Å². The van der Waals surface area contributed by atoms with Crippen molar-refractivity contribution in [3.05, 3.63) is 108 Å². The topological polar surface area (TPSA) is 129 Å². The first kappa shape index (κ1) is 45.3. The van der Waals surface area contributed by atoms with Crippen LogP contribution in [0.1, 0.15) is 110 Å². The molecular formula is C47H64N2O8. The Hall–Kier alpha value is -4.38. The SMILES string of the molecule is CC[C@H]1O[C@@](C)(CCCCCC[C@H](NC(=O)OCc2ccccc2)C(=O)C[C@@H](C)C(=O)N[C@@H](C)C(C)=O)[C@H](OCc2ccccc2)[C@@H](OCc2ccccc2)[C@H]1C. The van der Waals surface area contributed by atoms with Gasteiger partial charge in [-0.05, 0) is 56.7 Å². The second-order valence-corrected chi connectivity index (χ2v) is 15.8. The Balaban J connectivity index is 1.38. The molecule has 4 rings (SSSR count). The number of ether oxygens (including phenoxy) is 4.